The van der Waals surface area contributed by atoms with Crippen LogP contribution in [0.1, 0.15) is 0 Å². The molecule has 9 heteroatoms. The molecule has 1 aromatic heterocycles. The molecule has 2 amide bonds. The summed E-state index contributed by atoms with van der Waals surface area (Å²) in [5.41, 5.74) is 2.28. The molecular formula is C22H24ClN5O3. The lowest BCUT2D eigenvalue weighted by Crippen LogP contribution is -2.36. The normalized spacial score (nSPS) is 10.7. The van der Waals surface area contributed by atoms with Gasteiger partial charge in [0, 0.05) is 29.4 Å². The van der Waals surface area contributed by atoms with E-state index in [1.807, 2.05) is 12.1 Å². The summed E-state index contributed by atoms with van der Waals surface area (Å²) < 4.78 is 6.69. The number of carbonyl (C=O) groups excluding carboxylic acids is 2. The Labute approximate surface area is 185 Å². The number of amides is 2. The summed E-state index contributed by atoms with van der Waals surface area (Å²) in [6.07, 6.45) is 0. The number of hydrogen-bond acceptors (Lipinski definition) is 5. The molecule has 0 radical (unpaired) electrons. The molecule has 2 N–H and O–H groups in total. The van der Waals surface area contributed by atoms with Crippen LogP contribution in [-0.2, 0) is 16.6 Å². The summed E-state index contributed by atoms with van der Waals surface area (Å²) in [7, 11) is 5.04. The number of halogens is 1. The lowest BCUT2D eigenvalue weighted by atomic mass is 10.1. The molecule has 0 saturated heterocycles. The van der Waals surface area contributed by atoms with E-state index in [4.69, 9.17) is 16.3 Å². The molecular weight excluding hydrogens is 418 g/mol. The fraction of sp³-hybridized carbons (Fsp3) is 0.227. The number of hydrogen-bond donors (Lipinski definition) is 2. The van der Waals surface area contributed by atoms with Crippen molar-refractivity contribution < 1.29 is 14.3 Å². The third-order valence-electron chi connectivity index (χ3n) is 4.49. The van der Waals surface area contributed by atoms with Gasteiger partial charge in [-0.05, 0) is 43.4 Å². The van der Waals surface area contributed by atoms with Gasteiger partial charge in [0.15, 0.2) is 0 Å². The fourth-order valence-electron chi connectivity index (χ4n) is 2.95. The average molecular weight is 442 g/mol. The molecule has 31 heavy (non-hydrogen) atoms. The largest absolute Gasteiger partial charge is 0.497 e. The van der Waals surface area contributed by atoms with E-state index in [1.54, 1.807) is 73.3 Å². The maximum atomic E-state index is 12.4. The molecule has 0 aliphatic heterocycles. The fourth-order valence-corrected chi connectivity index (χ4v) is 3.08. The topological polar surface area (TPSA) is 88.5 Å². The van der Waals surface area contributed by atoms with Crippen molar-refractivity contribution in [3.8, 4) is 17.0 Å². The number of ether oxygens (including phenoxy) is 1. The Morgan fingerprint density at radius 1 is 1.03 bits per heavy atom. The van der Waals surface area contributed by atoms with Gasteiger partial charge in [-0.1, -0.05) is 23.7 Å². The molecule has 0 atom stereocenters. The number of carbonyl (C=O) groups is 2. The van der Waals surface area contributed by atoms with E-state index in [2.05, 4.69) is 15.7 Å². The first-order chi connectivity index (χ1) is 14.8. The van der Waals surface area contributed by atoms with Crippen LogP contribution in [0.2, 0.25) is 5.02 Å². The van der Waals surface area contributed by atoms with Crippen molar-refractivity contribution in [2.45, 2.75) is 0 Å². The second-order valence-corrected chi connectivity index (χ2v) is 7.48. The lowest BCUT2D eigenvalue weighted by Gasteiger charge is -2.16. The summed E-state index contributed by atoms with van der Waals surface area (Å²) in [6.45, 7) is 0.123. The van der Waals surface area contributed by atoms with Crippen LogP contribution in [0.5, 0.6) is 5.75 Å². The molecule has 0 aliphatic carbocycles. The number of likely N-dealkylation sites (N-methyl/N-ethyl adjacent to an activating group) is 1. The van der Waals surface area contributed by atoms with Crippen LogP contribution in [0, 0.1) is 0 Å². The van der Waals surface area contributed by atoms with Gasteiger partial charge in [-0.15, -0.1) is 0 Å². The van der Waals surface area contributed by atoms with E-state index < -0.39 is 0 Å². The van der Waals surface area contributed by atoms with Crippen molar-refractivity contribution in [3.05, 3.63) is 59.6 Å². The minimum atomic E-state index is -0.245. The maximum absolute atomic E-state index is 12.4. The number of anilines is 2. The Bertz CT molecular complexity index is 1050. The monoisotopic (exact) mass is 441 g/mol. The maximum Gasteiger partial charge on any atom is 0.239 e. The predicted molar refractivity (Wildman–Crippen MR) is 121 cm³/mol. The summed E-state index contributed by atoms with van der Waals surface area (Å²) in [6, 6.07) is 16.1. The summed E-state index contributed by atoms with van der Waals surface area (Å²) in [4.78, 5) is 26.3. The summed E-state index contributed by atoms with van der Waals surface area (Å²) in [5.74, 6) is 0.809. The minimum Gasteiger partial charge on any atom is -0.497 e. The molecule has 2 aromatic carbocycles. The average Bonchev–Trinajstić information content (AvgIpc) is 3.08. The molecule has 0 fully saturated rings. The van der Waals surface area contributed by atoms with Gasteiger partial charge >= 0.3 is 0 Å². The van der Waals surface area contributed by atoms with Crippen LogP contribution in [0.25, 0.3) is 11.3 Å². The second-order valence-electron chi connectivity index (χ2n) is 7.04. The zero-order chi connectivity index (χ0) is 22.4. The zero-order valence-corrected chi connectivity index (χ0v) is 18.3. The van der Waals surface area contributed by atoms with Crippen LogP contribution in [0.4, 0.5) is 11.5 Å². The van der Waals surface area contributed by atoms with Gasteiger partial charge in [0.2, 0.25) is 11.8 Å². The quantitative estimate of drug-likeness (QED) is 0.560. The van der Waals surface area contributed by atoms with E-state index in [1.165, 1.54) is 0 Å². The van der Waals surface area contributed by atoms with E-state index in [-0.39, 0.29) is 24.9 Å². The highest BCUT2D eigenvalue weighted by molar-refractivity contribution is 6.30. The lowest BCUT2D eigenvalue weighted by molar-refractivity contribution is -0.119. The first kappa shape index (κ1) is 22.3. The highest BCUT2D eigenvalue weighted by atomic mass is 35.5. The molecule has 0 saturated carbocycles. The van der Waals surface area contributed by atoms with Crippen LogP contribution >= 0.6 is 11.6 Å². The highest BCUT2D eigenvalue weighted by Crippen LogP contribution is 2.23. The number of nitrogens with zero attached hydrogens (tertiary/aromatic N) is 3. The number of methoxy groups -OCH3 is 1. The van der Waals surface area contributed by atoms with E-state index in [9.17, 15) is 9.59 Å². The molecule has 0 bridgehead atoms. The van der Waals surface area contributed by atoms with Gasteiger partial charge in [-0.2, -0.15) is 5.10 Å². The van der Waals surface area contributed by atoms with Crippen LogP contribution in [-0.4, -0.2) is 53.7 Å². The zero-order valence-electron chi connectivity index (χ0n) is 17.6. The summed E-state index contributed by atoms with van der Waals surface area (Å²) >= 11 is 5.93. The van der Waals surface area contributed by atoms with Crippen LogP contribution in [0.15, 0.2) is 54.6 Å². The molecule has 0 aliphatic rings. The molecule has 0 unspecified atom stereocenters. The number of rotatable bonds is 8. The van der Waals surface area contributed by atoms with Gasteiger partial charge in [-0.3, -0.25) is 19.2 Å². The van der Waals surface area contributed by atoms with Crippen LogP contribution < -0.4 is 15.4 Å². The SMILES string of the molecule is COc1ccc(NC(=O)CN(C)CC(=O)Nc2cc(-c3ccc(Cl)cc3)nn2C)cc1. The van der Waals surface area contributed by atoms with Crippen molar-refractivity contribution >= 4 is 34.9 Å². The third kappa shape index (κ3) is 6.31. The van der Waals surface area contributed by atoms with E-state index in [0.717, 1.165) is 11.3 Å². The second kappa shape index (κ2) is 10.1. The number of benzene rings is 2. The first-order valence-electron chi connectivity index (χ1n) is 9.56. The molecule has 162 valence electrons. The van der Waals surface area contributed by atoms with Crippen molar-refractivity contribution in [1.29, 1.82) is 0 Å². The van der Waals surface area contributed by atoms with Gasteiger partial charge in [0.1, 0.15) is 11.6 Å². The van der Waals surface area contributed by atoms with Crippen molar-refractivity contribution in [1.82, 2.24) is 14.7 Å². The van der Waals surface area contributed by atoms with Crippen molar-refractivity contribution in [2.75, 3.05) is 37.9 Å². The number of aromatic nitrogens is 2. The van der Waals surface area contributed by atoms with Crippen LogP contribution in [0.3, 0.4) is 0 Å². The molecule has 8 nitrogen and oxygen atoms in total. The Morgan fingerprint density at radius 3 is 2.26 bits per heavy atom. The Balaban J connectivity index is 1.51. The highest BCUT2D eigenvalue weighted by Gasteiger charge is 2.14. The molecule has 3 rings (SSSR count). The first-order valence-corrected chi connectivity index (χ1v) is 9.94. The molecule has 3 aromatic rings. The minimum absolute atomic E-state index is 0.0531. The Morgan fingerprint density at radius 2 is 1.65 bits per heavy atom. The summed E-state index contributed by atoms with van der Waals surface area (Å²) in [5, 5.41) is 10.7. The van der Waals surface area contributed by atoms with Gasteiger partial charge < -0.3 is 15.4 Å². The molecule has 0 spiro atoms. The third-order valence-corrected chi connectivity index (χ3v) is 4.74. The Hall–Kier alpha value is -3.36. The predicted octanol–water partition coefficient (Wildman–Crippen LogP) is 3.26. The smallest absolute Gasteiger partial charge is 0.239 e. The van der Waals surface area contributed by atoms with Crippen molar-refractivity contribution in [2.24, 2.45) is 7.05 Å². The van der Waals surface area contributed by atoms with Crippen molar-refractivity contribution in [3.63, 3.8) is 0 Å². The Kier molecular flexibility index (Phi) is 7.28. The van der Waals surface area contributed by atoms with Gasteiger partial charge in [0.25, 0.3) is 0 Å². The number of aryl methyl sites for hydroxylation is 1. The number of nitrogens with one attached hydrogen (secondary N) is 2. The van der Waals surface area contributed by atoms with E-state index >= 15 is 0 Å². The van der Waals surface area contributed by atoms with Gasteiger partial charge in [0.05, 0.1) is 25.9 Å². The van der Waals surface area contributed by atoms with E-state index in [0.29, 0.717) is 22.3 Å². The van der Waals surface area contributed by atoms with Gasteiger partial charge in [-0.25, -0.2) is 0 Å². The molecule has 1 heterocycles. The standard InChI is InChI=1S/C22H24ClN5O3/c1-27(13-21(29)24-17-8-10-18(31-3)11-9-17)14-22(30)25-20-12-19(26-28(20)2)15-4-6-16(23)7-5-15/h4-12H,13-14H2,1-3H3,(H,24,29)(H,25,30).